The van der Waals surface area contributed by atoms with Crippen LogP contribution in [0.1, 0.15) is 39.8 Å². The van der Waals surface area contributed by atoms with Crippen LogP contribution in [0.3, 0.4) is 0 Å². The highest BCUT2D eigenvalue weighted by Crippen LogP contribution is 2.35. The number of rotatable bonds is 4. The van der Waals surface area contributed by atoms with Crippen LogP contribution in [0.4, 0.5) is 0 Å². The molecule has 0 spiro atoms. The third-order valence-electron chi connectivity index (χ3n) is 6.11. The molecule has 0 bridgehead atoms. The van der Waals surface area contributed by atoms with Crippen molar-refractivity contribution in [3.05, 3.63) is 81.3 Å². The number of fused-ring (bicyclic) bond motifs is 3. The second-order valence-electron chi connectivity index (χ2n) is 7.91. The molecule has 2 aromatic carbocycles. The van der Waals surface area contributed by atoms with E-state index in [9.17, 15) is 0 Å². The Balaban J connectivity index is 1.56. The van der Waals surface area contributed by atoms with E-state index >= 15 is 0 Å². The molecule has 5 rings (SSSR count). The van der Waals surface area contributed by atoms with Crippen LogP contribution in [0, 0.1) is 13.8 Å². The van der Waals surface area contributed by atoms with Crippen LogP contribution in [0.2, 0.25) is 5.02 Å². The molecule has 0 aliphatic carbocycles. The molecule has 154 valence electrons. The van der Waals surface area contributed by atoms with Crippen LogP contribution in [0.15, 0.2) is 42.5 Å². The molecule has 0 fully saturated rings. The van der Waals surface area contributed by atoms with Gasteiger partial charge in [0.25, 0.3) is 0 Å². The summed E-state index contributed by atoms with van der Waals surface area (Å²) in [4.78, 5) is 3.65. The minimum Gasteiger partial charge on any atom is -0.496 e. The number of hydrogen-bond acceptors (Lipinski definition) is 3. The van der Waals surface area contributed by atoms with Crippen molar-refractivity contribution in [2.75, 3.05) is 13.7 Å². The number of benzene rings is 2. The SMILES string of the molecule is COc1ccc(C2NCCc3c2[nH]c2ccccc32)cc1Cn1nc(C)c(Cl)c1C. The summed E-state index contributed by atoms with van der Waals surface area (Å²) >= 11 is 6.36. The van der Waals surface area contributed by atoms with Gasteiger partial charge in [0, 0.05) is 28.7 Å². The normalized spacial score (nSPS) is 16.1. The van der Waals surface area contributed by atoms with E-state index in [2.05, 4.69) is 57.9 Å². The molecule has 0 saturated heterocycles. The van der Waals surface area contributed by atoms with Crippen molar-refractivity contribution < 1.29 is 4.74 Å². The van der Waals surface area contributed by atoms with Gasteiger partial charge in [0.15, 0.2) is 0 Å². The van der Waals surface area contributed by atoms with E-state index in [0.717, 1.165) is 40.7 Å². The van der Waals surface area contributed by atoms with Crippen molar-refractivity contribution in [2.45, 2.75) is 32.9 Å². The lowest BCUT2D eigenvalue weighted by atomic mass is 9.93. The second kappa shape index (κ2) is 7.49. The molecule has 0 radical (unpaired) electrons. The Labute approximate surface area is 181 Å². The fourth-order valence-corrected chi connectivity index (χ4v) is 4.69. The summed E-state index contributed by atoms with van der Waals surface area (Å²) < 4.78 is 7.60. The van der Waals surface area contributed by atoms with Crippen molar-refractivity contribution in [1.82, 2.24) is 20.1 Å². The molecule has 2 N–H and O–H groups in total. The Morgan fingerprint density at radius 3 is 2.80 bits per heavy atom. The molecule has 0 saturated carbocycles. The standard InChI is InChI=1S/C24H25ClN4O/c1-14-22(25)15(2)29(28-14)13-17-12-16(8-9-21(17)30-3)23-24-19(10-11-26-23)18-6-4-5-7-20(18)27-24/h4-9,12,23,26-27H,10-11,13H2,1-3H3. The lowest BCUT2D eigenvalue weighted by Crippen LogP contribution is -2.30. The number of methoxy groups -OCH3 is 1. The number of aryl methyl sites for hydroxylation is 1. The molecule has 2 aromatic heterocycles. The summed E-state index contributed by atoms with van der Waals surface area (Å²) in [5.74, 6) is 0.857. The largest absolute Gasteiger partial charge is 0.496 e. The summed E-state index contributed by atoms with van der Waals surface area (Å²) in [6.07, 6.45) is 1.03. The van der Waals surface area contributed by atoms with Gasteiger partial charge >= 0.3 is 0 Å². The van der Waals surface area contributed by atoms with Gasteiger partial charge in [-0.3, -0.25) is 4.68 Å². The first-order valence-electron chi connectivity index (χ1n) is 10.3. The molecular weight excluding hydrogens is 396 g/mol. The van der Waals surface area contributed by atoms with Crippen LogP contribution in [-0.2, 0) is 13.0 Å². The van der Waals surface area contributed by atoms with Gasteiger partial charge in [0.1, 0.15) is 5.75 Å². The molecule has 1 atom stereocenters. The van der Waals surface area contributed by atoms with Gasteiger partial charge in [-0.15, -0.1) is 0 Å². The van der Waals surface area contributed by atoms with Crippen molar-refractivity contribution in [3.8, 4) is 5.75 Å². The number of hydrogen-bond donors (Lipinski definition) is 2. The number of ether oxygens (including phenoxy) is 1. The molecular formula is C24H25ClN4O. The third kappa shape index (κ3) is 3.09. The monoisotopic (exact) mass is 420 g/mol. The highest BCUT2D eigenvalue weighted by atomic mass is 35.5. The van der Waals surface area contributed by atoms with Gasteiger partial charge in [-0.1, -0.05) is 35.9 Å². The van der Waals surface area contributed by atoms with Crippen molar-refractivity contribution in [1.29, 1.82) is 0 Å². The minimum atomic E-state index is 0.120. The first-order valence-corrected chi connectivity index (χ1v) is 10.6. The van der Waals surface area contributed by atoms with Crippen LogP contribution in [-0.4, -0.2) is 28.4 Å². The van der Waals surface area contributed by atoms with Gasteiger partial charge in [-0.2, -0.15) is 5.10 Å². The molecule has 4 aromatic rings. The third-order valence-corrected chi connectivity index (χ3v) is 6.66. The van der Waals surface area contributed by atoms with Gasteiger partial charge in [-0.25, -0.2) is 0 Å². The van der Waals surface area contributed by atoms with Gasteiger partial charge in [0.05, 0.1) is 36.1 Å². The lowest BCUT2D eigenvalue weighted by Gasteiger charge is -2.25. The quantitative estimate of drug-likeness (QED) is 0.492. The second-order valence-corrected chi connectivity index (χ2v) is 8.29. The molecule has 1 unspecified atom stereocenters. The van der Waals surface area contributed by atoms with Gasteiger partial charge < -0.3 is 15.0 Å². The van der Waals surface area contributed by atoms with E-state index in [1.54, 1.807) is 7.11 Å². The van der Waals surface area contributed by atoms with Crippen molar-refractivity contribution in [3.63, 3.8) is 0 Å². The summed E-state index contributed by atoms with van der Waals surface area (Å²) in [6, 6.07) is 15.1. The fraction of sp³-hybridized carbons (Fsp3) is 0.292. The highest BCUT2D eigenvalue weighted by molar-refractivity contribution is 6.31. The van der Waals surface area contributed by atoms with Crippen LogP contribution in [0.25, 0.3) is 10.9 Å². The highest BCUT2D eigenvalue weighted by Gasteiger charge is 2.26. The van der Waals surface area contributed by atoms with E-state index < -0.39 is 0 Å². The zero-order valence-corrected chi connectivity index (χ0v) is 18.2. The molecule has 0 amide bonds. The molecule has 6 heteroatoms. The Hall–Kier alpha value is -2.76. The number of aromatic amines is 1. The van der Waals surface area contributed by atoms with E-state index in [4.69, 9.17) is 16.3 Å². The number of nitrogens with zero attached hydrogens (tertiary/aromatic N) is 2. The fourth-order valence-electron chi connectivity index (χ4n) is 4.56. The summed E-state index contributed by atoms with van der Waals surface area (Å²) in [5.41, 5.74) is 7.98. The molecule has 1 aliphatic rings. The number of para-hydroxylation sites is 1. The zero-order valence-electron chi connectivity index (χ0n) is 17.4. The zero-order chi connectivity index (χ0) is 20.8. The first-order chi connectivity index (χ1) is 14.6. The van der Waals surface area contributed by atoms with E-state index in [0.29, 0.717) is 6.54 Å². The minimum absolute atomic E-state index is 0.120. The van der Waals surface area contributed by atoms with E-state index in [1.807, 2.05) is 18.5 Å². The van der Waals surface area contributed by atoms with Crippen LogP contribution in [0.5, 0.6) is 5.75 Å². The predicted molar refractivity (Wildman–Crippen MR) is 121 cm³/mol. The molecule has 1 aliphatic heterocycles. The lowest BCUT2D eigenvalue weighted by molar-refractivity contribution is 0.406. The Bertz CT molecular complexity index is 1240. The topological polar surface area (TPSA) is 54.9 Å². The van der Waals surface area contributed by atoms with E-state index in [-0.39, 0.29) is 6.04 Å². The molecule has 5 nitrogen and oxygen atoms in total. The average Bonchev–Trinajstić information content (AvgIpc) is 3.26. The summed E-state index contributed by atoms with van der Waals surface area (Å²) in [7, 11) is 1.71. The first kappa shape index (κ1) is 19.2. The predicted octanol–water partition coefficient (Wildman–Crippen LogP) is 4.93. The van der Waals surface area contributed by atoms with Crippen LogP contribution >= 0.6 is 11.6 Å². The Morgan fingerprint density at radius 2 is 2.03 bits per heavy atom. The molecule has 3 heterocycles. The maximum Gasteiger partial charge on any atom is 0.123 e. The summed E-state index contributed by atoms with van der Waals surface area (Å²) in [6.45, 7) is 5.50. The van der Waals surface area contributed by atoms with Gasteiger partial charge in [0.2, 0.25) is 0 Å². The number of nitrogens with one attached hydrogen (secondary N) is 2. The average molecular weight is 421 g/mol. The maximum absolute atomic E-state index is 6.36. The smallest absolute Gasteiger partial charge is 0.123 e. The number of aromatic nitrogens is 3. The molecule has 30 heavy (non-hydrogen) atoms. The van der Waals surface area contributed by atoms with Crippen LogP contribution < -0.4 is 10.1 Å². The van der Waals surface area contributed by atoms with E-state index in [1.165, 1.54) is 27.7 Å². The number of halogens is 1. The van der Waals surface area contributed by atoms with Crippen molar-refractivity contribution >= 4 is 22.5 Å². The Kier molecular flexibility index (Phi) is 4.80. The number of H-pyrrole nitrogens is 1. The summed E-state index contributed by atoms with van der Waals surface area (Å²) in [5, 5.41) is 10.3. The van der Waals surface area contributed by atoms with Gasteiger partial charge in [-0.05, 0) is 49.6 Å². The van der Waals surface area contributed by atoms with Crippen molar-refractivity contribution in [2.24, 2.45) is 0 Å². The Morgan fingerprint density at radius 1 is 1.20 bits per heavy atom. The maximum atomic E-state index is 6.36.